The van der Waals surface area contributed by atoms with E-state index in [2.05, 4.69) is 5.32 Å². The number of hydrogen-bond donors (Lipinski definition) is 2. The van der Waals surface area contributed by atoms with Crippen LogP contribution in [0.25, 0.3) is 0 Å². The third kappa shape index (κ3) is 5.05. The molecular weight excluding hydrogens is 350 g/mol. The third-order valence-electron chi connectivity index (χ3n) is 4.40. The zero-order valence-corrected chi connectivity index (χ0v) is 15.5. The first kappa shape index (κ1) is 19.3. The van der Waals surface area contributed by atoms with Crippen LogP contribution in [-0.2, 0) is 13.1 Å². The number of nitrogens with zero attached hydrogens (tertiary/aromatic N) is 1. The van der Waals surface area contributed by atoms with E-state index in [1.165, 1.54) is 0 Å². The van der Waals surface area contributed by atoms with Crippen LogP contribution in [0, 0.1) is 0 Å². The summed E-state index contributed by atoms with van der Waals surface area (Å²) < 4.78 is 0. The van der Waals surface area contributed by atoms with E-state index in [0.29, 0.717) is 18.7 Å². The first-order valence-electron chi connectivity index (χ1n) is 9.14. The fourth-order valence-corrected chi connectivity index (χ4v) is 2.85. The second-order valence-corrected chi connectivity index (χ2v) is 6.39. The second kappa shape index (κ2) is 9.48. The van der Waals surface area contributed by atoms with Gasteiger partial charge < -0.3 is 11.1 Å². The lowest BCUT2D eigenvalue weighted by molar-refractivity contribution is 0.100. The molecule has 0 aliphatic carbocycles. The molecule has 0 spiro atoms. The standard InChI is InChI=1S/C23H23N3O2/c24-15-22(27)20-13-11-19(12-14-20)17-26(21-9-5-2-6-10-21)23(28)25-16-18-7-3-1-4-8-18/h1-14H,15-17,24H2,(H,25,28). The van der Waals surface area contributed by atoms with E-state index in [1.807, 2.05) is 72.8 Å². The van der Waals surface area contributed by atoms with Crippen molar-refractivity contribution in [1.82, 2.24) is 5.32 Å². The Morgan fingerprint density at radius 3 is 2.00 bits per heavy atom. The number of para-hydroxylation sites is 1. The van der Waals surface area contributed by atoms with Gasteiger partial charge in [0.15, 0.2) is 5.78 Å². The summed E-state index contributed by atoms with van der Waals surface area (Å²) in [4.78, 5) is 26.3. The van der Waals surface area contributed by atoms with Gasteiger partial charge in [0.05, 0.1) is 13.1 Å². The van der Waals surface area contributed by atoms with E-state index in [4.69, 9.17) is 5.73 Å². The maximum absolute atomic E-state index is 12.9. The number of Topliss-reactive ketones (excluding diaryl/α,β-unsaturated/α-hetero) is 1. The molecule has 5 nitrogen and oxygen atoms in total. The molecule has 0 radical (unpaired) electrons. The molecule has 0 aliphatic heterocycles. The number of urea groups is 1. The van der Waals surface area contributed by atoms with Crippen LogP contribution in [0.1, 0.15) is 21.5 Å². The molecule has 3 N–H and O–H groups in total. The molecule has 28 heavy (non-hydrogen) atoms. The minimum atomic E-state index is -0.183. The zero-order valence-electron chi connectivity index (χ0n) is 15.5. The fraction of sp³-hybridized carbons (Fsp3) is 0.130. The molecular formula is C23H23N3O2. The summed E-state index contributed by atoms with van der Waals surface area (Å²) in [6.45, 7) is 0.825. The molecule has 3 aromatic carbocycles. The second-order valence-electron chi connectivity index (χ2n) is 6.39. The van der Waals surface area contributed by atoms with Gasteiger partial charge in [0.2, 0.25) is 0 Å². The number of nitrogens with one attached hydrogen (secondary N) is 1. The normalized spacial score (nSPS) is 10.3. The van der Waals surface area contributed by atoms with Gasteiger partial charge in [-0.1, -0.05) is 72.8 Å². The van der Waals surface area contributed by atoms with Crippen molar-refractivity contribution in [3.63, 3.8) is 0 Å². The lowest BCUT2D eigenvalue weighted by Gasteiger charge is -2.23. The van der Waals surface area contributed by atoms with E-state index in [1.54, 1.807) is 17.0 Å². The fourth-order valence-electron chi connectivity index (χ4n) is 2.85. The summed E-state index contributed by atoms with van der Waals surface area (Å²) in [7, 11) is 0. The molecule has 0 fully saturated rings. The number of nitrogens with two attached hydrogens (primary N) is 1. The molecule has 0 saturated heterocycles. The number of carbonyl (C=O) groups excluding carboxylic acids is 2. The summed E-state index contributed by atoms with van der Waals surface area (Å²) in [5.74, 6) is -0.105. The number of benzene rings is 3. The lowest BCUT2D eigenvalue weighted by atomic mass is 10.1. The lowest BCUT2D eigenvalue weighted by Crippen LogP contribution is -2.39. The van der Waals surface area contributed by atoms with Crippen molar-refractivity contribution >= 4 is 17.5 Å². The number of rotatable bonds is 7. The Bertz CT molecular complexity index is 910. The van der Waals surface area contributed by atoms with Gasteiger partial charge in [-0.05, 0) is 23.3 Å². The van der Waals surface area contributed by atoms with Crippen molar-refractivity contribution in [1.29, 1.82) is 0 Å². The van der Waals surface area contributed by atoms with E-state index in [9.17, 15) is 9.59 Å². The summed E-state index contributed by atoms with van der Waals surface area (Å²) in [5, 5.41) is 2.97. The smallest absolute Gasteiger partial charge is 0.322 e. The molecule has 0 aliphatic rings. The number of hydrogen-bond acceptors (Lipinski definition) is 3. The SMILES string of the molecule is NCC(=O)c1ccc(CN(C(=O)NCc2ccccc2)c2ccccc2)cc1. The van der Waals surface area contributed by atoms with Crippen molar-refractivity contribution < 1.29 is 9.59 Å². The maximum atomic E-state index is 12.9. The van der Waals surface area contributed by atoms with Crippen LogP contribution in [-0.4, -0.2) is 18.4 Å². The summed E-state index contributed by atoms with van der Waals surface area (Å²) in [5.41, 5.74) is 8.74. The maximum Gasteiger partial charge on any atom is 0.322 e. The zero-order chi connectivity index (χ0) is 19.8. The Kier molecular flexibility index (Phi) is 6.54. The van der Waals surface area contributed by atoms with Crippen LogP contribution in [0.5, 0.6) is 0 Å². The van der Waals surface area contributed by atoms with Crippen LogP contribution < -0.4 is 16.0 Å². The van der Waals surface area contributed by atoms with Gasteiger partial charge in [-0.3, -0.25) is 9.69 Å². The quantitative estimate of drug-likeness (QED) is 0.620. The topological polar surface area (TPSA) is 75.4 Å². The van der Waals surface area contributed by atoms with Gasteiger partial charge in [0, 0.05) is 17.8 Å². The van der Waals surface area contributed by atoms with Gasteiger partial charge in [-0.25, -0.2) is 4.79 Å². The number of ketones is 1. The van der Waals surface area contributed by atoms with Gasteiger partial charge in [0.1, 0.15) is 0 Å². The highest BCUT2D eigenvalue weighted by molar-refractivity contribution is 5.97. The number of amides is 2. The number of anilines is 1. The molecule has 3 aromatic rings. The molecule has 5 heteroatoms. The average molecular weight is 373 g/mol. The van der Waals surface area contributed by atoms with Gasteiger partial charge in [-0.15, -0.1) is 0 Å². The average Bonchev–Trinajstić information content (AvgIpc) is 2.77. The molecule has 2 amide bonds. The van der Waals surface area contributed by atoms with Crippen LogP contribution in [0.2, 0.25) is 0 Å². The Morgan fingerprint density at radius 2 is 1.39 bits per heavy atom. The van der Waals surface area contributed by atoms with Crippen molar-refractivity contribution in [2.24, 2.45) is 5.73 Å². The van der Waals surface area contributed by atoms with Crippen LogP contribution in [0.4, 0.5) is 10.5 Å². The Hall–Kier alpha value is -3.44. The van der Waals surface area contributed by atoms with Crippen LogP contribution >= 0.6 is 0 Å². The van der Waals surface area contributed by atoms with Crippen LogP contribution in [0.15, 0.2) is 84.9 Å². The highest BCUT2D eigenvalue weighted by Gasteiger charge is 2.16. The highest BCUT2D eigenvalue weighted by atomic mass is 16.2. The minimum Gasteiger partial charge on any atom is -0.334 e. The minimum absolute atomic E-state index is 0.0165. The molecule has 3 rings (SSSR count). The van der Waals surface area contributed by atoms with Gasteiger partial charge >= 0.3 is 6.03 Å². The molecule has 0 saturated carbocycles. The van der Waals surface area contributed by atoms with Gasteiger partial charge in [0.25, 0.3) is 0 Å². The highest BCUT2D eigenvalue weighted by Crippen LogP contribution is 2.18. The van der Waals surface area contributed by atoms with Crippen molar-refractivity contribution in [3.05, 3.63) is 102 Å². The molecule has 0 unspecified atom stereocenters. The predicted molar refractivity (Wildman–Crippen MR) is 111 cm³/mol. The van der Waals surface area contributed by atoms with E-state index in [-0.39, 0.29) is 18.4 Å². The Morgan fingerprint density at radius 1 is 0.786 bits per heavy atom. The van der Waals surface area contributed by atoms with E-state index in [0.717, 1.165) is 16.8 Å². The first-order chi connectivity index (χ1) is 13.7. The van der Waals surface area contributed by atoms with E-state index >= 15 is 0 Å². The third-order valence-corrected chi connectivity index (χ3v) is 4.40. The monoisotopic (exact) mass is 373 g/mol. The molecule has 0 heterocycles. The molecule has 0 bridgehead atoms. The van der Waals surface area contributed by atoms with Crippen molar-refractivity contribution in [2.75, 3.05) is 11.4 Å². The van der Waals surface area contributed by atoms with Gasteiger partial charge in [-0.2, -0.15) is 0 Å². The molecule has 0 atom stereocenters. The Balaban J connectivity index is 1.75. The summed E-state index contributed by atoms with van der Waals surface area (Å²) >= 11 is 0. The molecule has 0 aromatic heterocycles. The van der Waals surface area contributed by atoms with Crippen LogP contribution in [0.3, 0.4) is 0 Å². The van der Waals surface area contributed by atoms with Crippen molar-refractivity contribution in [2.45, 2.75) is 13.1 Å². The largest absolute Gasteiger partial charge is 0.334 e. The first-order valence-corrected chi connectivity index (χ1v) is 9.14. The van der Waals surface area contributed by atoms with Crippen molar-refractivity contribution in [3.8, 4) is 0 Å². The summed E-state index contributed by atoms with van der Waals surface area (Å²) in [6, 6.07) is 26.3. The Labute approximate surface area is 164 Å². The summed E-state index contributed by atoms with van der Waals surface area (Å²) in [6.07, 6.45) is 0. The van der Waals surface area contributed by atoms with E-state index < -0.39 is 0 Å². The number of carbonyl (C=O) groups is 2. The molecule has 142 valence electrons. The predicted octanol–water partition coefficient (Wildman–Crippen LogP) is 3.74.